The van der Waals surface area contributed by atoms with E-state index in [1.807, 2.05) is 0 Å². The van der Waals surface area contributed by atoms with Crippen molar-refractivity contribution in [2.45, 2.75) is 44.3 Å². The molecule has 1 saturated heterocycles. The first-order valence-electron chi connectivity index (χ1n) is 10.1. The fourth-order valence-electron chi connectivity index (χ4n) is 3.33. The summed E-state index contributed by atoms with van der Waals surface area (Å²) in [5.41, 5.74) is -0.132. The first-order valence-corrected chi connectivity index (χ1v) is 11.9. The second-order valence-corrected chi connectivity index (χ2v) is 10.4. The summed E-state index contributed by atoms with van der Waals surface area (Å²) in [7, 11) is -1.57. The Bertz CT molecular complexity index is 1100. The predicted octanol–water partition coefficient (Wildman–Crippen LogP) is 1.96. The zero-order chi connectivity index (χ0) is 24.4. The van der Waals surface area contributed by atoms with Crippen LogP contribution in [0, 0.1) is 0 Å². The monoisotopic (exact) mass is 496 g/mol. The van der Waals surface area contributed by atoms with E-state index in [1.54, 1.807) is 6.92 Å². The van der Waals surface area contributed by atoms with Crippen molar-refractivity contribution in [3.05, 3.63) is 18.0 Å². The highest BCUT2D eigenvalue weighted by atomic mass is 32.2. The van der Waals surface area contributed by atoms with Gasteiger partial charge in [-0.05, 0) is 25.8 Å². The number of hydrogen-bond acceptors (Lipinski definition) is 7. The molecule has 1 amide bonds. The van der Waals surface area contributed by atoms with Crippen molar-refractivity contribution in [3.8, 4) is 5.88 Å². The van der Waals surface area contributed by atoms with E-state index in [0.29, 0.717) is 5.52 Å². The molecule has 1 aliphatic rings. The van der Waals surface area contributed by atoms with Crippen LogP contribution in [0.4, 0.5) is 17.6 Å². The van der Waals surface area contributed by atoms with Crippen LogP contribution in [-0.2, 0) is 21.6 Å². The van der Waals surface area contributed by atoms with Gasteiger partial charge in [-0.2, -0.15) is 4.98 Å². The summed E-state index contributed by atoms with van der Waals surface area (Å²) in [6.45, 7) is -0.0762. The summed E-state index contributed by atoms with van der Waals surface area (Å²) in [6.07, 6.45) is -7.22. The Morgan fingerprint density at radius 3 is 2.45 bits per heavy atom. The van der Waals surface area contributed by atoms with Gasteiger partial charge in [-0.15, -0.1) is 0 Å². The Kier molecular flexibility index (Phi) is 7.46. The van der Waals surface area contributed by atoms with Gasteiger partial charge in [0.25, 0.3) is 18.8 Å². The lowest BCUT2D eigenvalue weighted by molar-refractivity contribution is -0.102. The van der Waals surface area contributed by atoms with Gasteiger partial charge in [-0.3, -0.25) is 4.79 Å². The van der Waals surface area contributed by atoms with Crippen LogP contribution < -0.4 is 10.1 Å². The zero-order valence-electron chi connectivity index (χ0n) is 17.9. The molecule has 0 aliphatic carbocycles. The summed E-state index contributed by atoms with van der Waals surface area (Å²) < 4.78 is 84.8. The van der Waals surface area contributed by atoms with E-state index >= 15 is 0 Å². The van der Waals surface area contributed by atoms with Crippen LogP contribution in [0.3, 0.4) is 0 Å². The molecule has 1 N–H and O–H groups in total. The molecule has 0 bridgehead atoms. The number of aromatic nitrogens is 3. The fourth-order valence-corrected chi connectivity index (χ4v) is 5.06. The third kappa shape index (κ3) is 6.31. The van der Waals surface area contributed by atoms with Crippen molar-refractivity contribution in [1.29, 1.82) is 0 Å². The first kappa shape index (κ1) is 25.1. The van der Waals surface area contributed by atoms with Crippen LogP contribution in [0.5, 0.6) is 5.88 Å². The standard InChI is InChI=1S/C19H24F4N4O5S/c1-19(5-7-33(29,30)8-6-19)26-18(28)17-24-11-3-4-14(25-16(11)27(17)2)32-9-12(15(22)23)31-10-13(20)21/h3-4,12-13,15H,5-10H2,1-2H3,(H,26,28)/t12-/m0/s1. The lowest BCUT2D eigenvalue weighted by atomic mass is 9.95. The minimum absolute atomic E-state index is 0.0186. The molecule has 3 rings (SSSR count). The third-order valence-corrected chi connectivity index (χ3v) is 7.00. The number of nitrogens with one attached hydrogen (secondary N) is 1. The van der Waals surface area contributed by atoms with E-state index in [-0.39, 0.29) is 41.7 Å². The molecular weight excluding hydrogens is 472 g/mol. The number of aryl methyl sites for hydroxylation is 1. The van der Waals surface area contributed by atoms with E-state index in [2.05, 4.69) is 20.0 Å². The van der Waals surface area contributed by atoms with Gasteiger partial charge >= 0.3 is 0 Å². The van der Waals surface area contributed by atoms with Crippen molar-refractivity contribution in [1.82, 2.24) is 19.9 Å². The smallest absolute Gasteiger partial charge is 0.287 e. The second-order valence-electron chi connectivity index (χ2n) is 8.06. The number of amides is 1. The Morgan fingerprint density at radius 1 is 1.18 bits per heavy atom. The van der Waals surface area contributed by atoms with Crippen LogP contribution in [-0.4, -0.2) is 78.1 Å². The minimum atomic E-state index is -3.10. The molecule has 14 heteroatoms. The first-order chi connectivity index (χ1) is 15.4. The van der Waals surface area contributed by atoms with Crippen LogP contribution in [0.2, 0.25) is 0 Å². The summed E-state index contributed by atoms with van der Waals surface area (Å²) in [4.78, 5) is 21.2. The Morgan fingerprint density at radius 2 is 1.85 bits per heavy atom. The lowest BCUT2D eigenvalue weighted by Gasteiger charge is -2.34. The molecule has 1 aliphatic heterocycles. The molecule has 1 atom stereocenters. The maximum atomic E-state index is 13.0. The molecule has 2 aromatic rings. The molecule has 0 saturated carbocycles. The highest BCUT2D eigenvalue weighted by Gasteiger charge is 2.35. The number of carbonyl (C=O) groups is 1. The molecule has 0 unspecified atom stereocenters. The summed E-state index contributed by atoms with van der Waals surface area (Å²) >= 11 is 0. The number of halogens is 4. The SMILES string of the molecule is Cn1c(C(=O)NC2(C)CCS(=O)(=O)CC2)nc2ccc(OC[C@H](OCC(F)F)C(F)F)nc21. The van der Waals surface area contributed by atoms with Crippen molar-refractivity contribution in [3.63, 3.8) is 0 Å². The van der Waals surface area contributed by atoms with Crippen LogP contribution >= 0.6 is 0 Å². The second kappa shape index (κ2) is 9.79. The molecule has 1 fully saturated rings. The average molecular weight is 496 g/mol. The highest BCUT2D eigenvalue weighted by Crippen LogP contribution is 2.24. The Hall–Kier alpha value is -2.48. The van der Waals surface area contributed by atoms with E-state index in [0.717, 1.165) is 0 Å². The third-order valence-electron chi connectivity index (χ3n) is 5.35. The molecule has 0 radical (unpaired) electrons. The topological polar surface area (TPSA) is 112 Å². The molecular formula is C19H24F4N4O5S. The lowest BCUT2D eigenvalue weighted by Crippen LogP contribution is -2.51. The average Bonchev–Trinajstić information content (AvgIpc) is 3.06. The molecule has 33 heavy (non-hydrogen) atoms. The van der Waals surface area contributed by atoms with Crippen molar-refractivity contribution in [2.75, 3.05) is 24.7 Å². The van der Waals surface area contributed by atoms with E-state index in [1.165, 1.54) is 23.7 Å². The number of hydrogen-bond donors (Lipinski definition) is 1. The number of sulfone groups is 1. The number of imidazole rings is 1. The number of ether oxygens (including phenoxy) is 2. The number of nitrogens with zero attached hydrogens (tertiary/aromatic N) is 3. The van der Waals surface area contributed by atoms with Gasteiger partial charge in [0.1, 0.15) is 28.6 Å². The molecule has 0 aromatic carbocycles. The highest BCUT2D eigenvalue weighted by molar-refractivity contribution is 7.91. The summed E-state index contributed by atoms with van der Waals surface area (Å²) in [5, 5.41) is 2.83. The number of carbonyl (C=O) groups excluding carboxylic acids is 1. The Balaban J connectivity index is 1.71. The van der Waals surface area contributed by atoms with E-state index in [4.69, 9.17) is 4.74 Å². The maximum absolute atomic E-state index is 13.0. The number of fused-ring (bicyclic) bond motifs is 1. The largest absolute Gasteiger partial charge is 0.475 e. The minimum Gasteiger partial charge on any atom is -0.475 e. The number of rotatable bonds is 9. The molecule has 0 spiro atoms. The predicted molar refractivity (Wildman–Crippen MR) is 110 cm³/mol. The van der Waals surface area contributed by atoms with Crippen molar-refractivity contribution in [2.24, 2.45) is 7.05 Å². The van der Waals surface area contributed by atoms with Crippen LogP contribution in [0.1, 0.15) is 30.4 Å². The van der Waals surface area contributed by atoms with E-state index in [9.17, 15) is 30.8 Å². The van der Waals surface area contributed by atoms with Gasteiger partial charge in [-0.1, -0.05) is 0 Å². The quantitative estimate of drug-likeness (QED) is 0.528. The van der Waals surface area contributed by atoms with Crippen molar-refractivity contribution < 1.29 is 40.2 Å². The van der Waals surface area contributed by atoms with Crippen molar-refractivity contribution >= 4 is 26.9 Å². The molecule has 184 valence electrons. The van der Waals surface area contributed by atoms with E-state index < -0.39 is 53.5 Å². The summed E-state index contributed by atoms with van der Waals surface area (Å²) in [5.74, 6) is -0.606. The van der Waals surface area contributed by atoms with Gasteiger partial charge in [-0.25, -0.2) is 31.0 Å². The zero-order valence-corrected chi connectivity index (χ0v) is 18.7. The van der Waals surface area contributed by atoms with Gasteiger partial charge in [0.05, 0.1) is 11.5 Å². The summed E-state index contributed by atoms with van der Waals surface area (Å²) in [6, 6.07) is 2.82. The van der Waals surface area contributed by atoms with Gasteiger partial charge in [0.15, 0.2) is 11.8 Å². The normalized spacial score (nSPS) is 18.5. The van der Waals surface area contributed by atoms with Gasteiger partial charge < -0.3 is 19.4 Å². The molecule has 3 heterocycles. The van der Waals surface area contributed by atoms with Crippen LogP contribution in [0.25, 0.3) is 11.2 Å². The van der Waals surface area contributed by atoms with Crippen LogP contribution in [0.15, 0.2) is 12.1 Å². The maximum Gasteiger partial charge on any atom is 0.287 e. The Labute approximate surface area is 187 Å². The van der Waals surface area contributed by atoms with Gasteiger partial charge in [0.2, 0.25) is 11.7 Å². The number of alkyl halides is 4. The molecule has 9 nitrogen and oxygen atoms in total. The number of pyridine rings is 1. The fraction of sp³-hybridized carbons (Fsp3) is 0.632. The molecule has 2 aromatic heterocycles. The van der Waals surface area contributed by atoms with Gasteiger partial charge in [0, 0.05) is 18.7 Å².